The van der Waals surface area contributed by atoms with Gasteiger partial charge < -0.3 is 21.3 Å². The van der Waals surface area contributed by atoms with Gasteiger partial charge in [-0.1, -0.05) is 26.7 Å². The number of carbonyl (C=O) groups excluding carboxylic acids is 2. The van der Waals surface area contributed by atoms with Crippen molar-refractivity contribution in [1.29, 1.82) is 0 Å². The van der Waals surface area contributed by atoms with E-state index in [-0.39, 0.29) is 34.4 Å². The van der Waals surface area contributed by atoms with Crippen LogP contribution in [0.4, 0.5) is 34.6 Å². The van der Waals surface area contributed by atoms with E-state index in [4.69, 9.17) is 26.4 Å². The largest absolute Gasteiger partial charge is 0.465 e. The second-order valence-electron chi connectivity index (χ2n) is 11.8. The van der Waals surface area contributed by atoms with E-state index >= 15 is 0 Å². The molecule has 5 heterocycles. The van der Waals surface area contributed by atoms with E-state index in [2.05, 4.69) is 54.5 Å². The number of esters is 1. The number of azo groups is 2. The first-order valence-corrected chi connectivity index (χ1v) is 19.3. The van der Waals surface area contributed by atoms with Crippen molar-refractivity contribution in [3.8, 4) is 11.6 Å². The quantitative estimate of drug-likeness (QED) is 0.0462. The second-order valence-corrected chi connectivity index (χ2v) is 13.4. The third-order valence-corrected chi connectivity index (χ3v) is 9.54. The zero-order valence-corrected chi connectivity index (χ0v) is 32.6. The Balaban J connectivity index is 1.57. The van der Waals surface area contributed by atoms with Crippen molar-refractivity contribution in [2.75, 3.05) is 37.7 Å². The van der Waals surface area contributed by atoms with E-state index in [1.807, 2.05) is 0 Å². The molecule has 54 heavy (non-hydrogen) atoms. The Morgan fingerprint density at radius 1 is 0.778 bits per heavy atom. The molecule has 0 spiro atoms. The second kappa shape index (κ2) is 17.6. The first kappa shape index (κ1) is 39.7. The predicted molar refractivity (Wildman–Crippen MR) is 203 cm³/mol. The van der Waals surface area contributed by atoms with Crippen molar-refractivity contribution < 1.29 is 19.4 Å². The van der Waals surface area contributed by atoms with E-state index in [9.17, 15) is 14.7 Å². The fourth-order valence-electron chi connectivity index (χ4n) is 5.40. The number of thioether (sulfide) groups is 2. The summed E-state index contributed by atoms with van der Waals surface area (Å²) < 4.78 is 10.7. The summed E-state index contributed by atoms with van der Waals surface area (Å²) in [7, 11) is 4.58. The summed E-state index contributed by atoms with van der Waals surface area (Å²) in [6.07, 6.45) is 9.38. The highest BCUT2D eigenvalue weighted by molar-refractivity contribution is 7.98. The van der Waals surface area contributed by atoms with E-state index < -0.39 is 18.4 Å². The smallest absolute Gasteiger partial charge is 0.344 e. The maximum Gasteiger partial charge on any atom is 0.344 e. The van der Waals surface area contributed by atoms with Gasteiger partial charge in [-0.3, -0.25) is 4.79 Å². The number of rotatable bonds is 17. The Morgan fingerprint density at radius 2 is 1.24 bits per heavy atom. The normalized spacial score (nSPS) is 11.8. The number of hydrogen-bond acceptors (Lipinski definition) is 18. The number of nitrogens with two attached hydrogens (primary N) is 2. The molecule has 0 aromatic carbocycles. The van der Waals surface area contributed by atoms with E-state index in [1.54, 1.807) is 32.7 Å². The molecule has 5 N–H and O–H groups in total. The van der Waals surface area contributed by atoms with E-state index in [0.717, 1.165) is 25.7 Å². The molecule has 0 aliphatic heterocycles. The van der Waals surface area contributed by atoms with Crippen molar-refractivity contribution in [2.24, 2.45) is 34.6 Å². The van der Waals surface area contributed by atoms with Gasteiger partial charge in [0.15, 0.2) is 52.1 Å². The molecule has 22 heteroatoms. The molecular weight excluding hydrogens is 737 g/mol. The van der Waals surface area contributed by atoms with Gasteiger partial charge in [0.25, 0.3) is 0 Å². The number of ether oxygens (including phenoxy) is 1. The lowest BCUT2D eigenvalue weighted by molar-refractivity contribution is 0.0597. The van der Waals surface area contributed by atoms with Gasteiger partial charge in [0.05, 0.1) is 18.5 Å². The van der Waals surface area contributed by atoms with Crippen LogP contribution in [0.2, 0.25) is 0 Å². The first-order chi connectivity index (χ1) is 26.0. The Bertz CT molecular complexity index is 2070. The van der Waals surface area contributed by atoms with Crippen LogP contribution in [-0.2, 0) is 31.7 Å². The fraction of sp³-hybridized carbons (Fsp3) is 0.438. The number of nitrogens with zero attached hydrogens (tertiary/aromatic N) is 14. The third-order valence-electron chi connectivity index (χ3n) is 8.19. The van der Waals surface area contributed by atoms with Crippen molar-refractivity contribution in [3.05, 3.63) is 34.9 Å². The molecule has 0 aliphatic carbocycles. The lowest BCUT2D eigenvalue weighted by atomic mass is 10.2. The molecule has 0 atom stereocenters. The number of hydrogen-bond donors (Lipinski definition) is 3. The molecule has 0 saturated carbocycles. The minimum atomic E-state index is -0.704. The maximum absolute atomic E-state index is 12.6. The van der Waals surface area contributed by atoms with E-state index in [1.165, 1.54) is 55.7 Å². The number of carbonyl (C=O) groups is 2. The van der Waals surface area contributed by atoms with Crippen LogP contribution < -0.4 is 11.5 Å². The fourth-order valence-corrected chi connectivity index (χ4v) is 6.59. The number of aliphatic hydroxyl groups is 1. The highest BCUT2D eigenvalue weighted by atomic mass is 32.2. The number of nitrogen functional groups attached to an aromatic ring is 2. The molecule has 0 aliphatic rings. The van der Waals surface area contributed by atoms with Crippen molar-refractivity contribution in [2.45, 2.75) is 62.4 Å². The monoisotopic (exact) mass is 778 g/mol. The standard InChI is InChI=1S/C32H42N16O4S2/c1-8-10-12-17-24(37-39-28-22(19(50)15-49)30(53-6)43-45(28)3)26(33)47(41-17)20-14-21(36-16-35-20)48-27(34)25(18(42-48)13-11-9-2)38-40-29-23(32(51)52-5)31(54-7)44-46(29)4/h14,16,49H,8-13,15,33-34H2,1-7H3/b39-37+,40-38+. The molecular formula is C32H42N16O4S2. The average molecular weight is 779 g/mol. The van der Waals surface area contributed by atoms with Gasteiger partial charge in [0, 0.05) is 20.2 Å². The molecule has 0 fully saturated rings. The minimum absolute atomic E-state index is 0.144. The van der Waals surface area contributed by atoms with E-state index in [0.29, 0.717) is 57.3 Å². The molecule has 5 aromatic heterocycles. The Morgan fingerprint density at radius 3 is 1.67 bits per heavy atom. The van der Waals surface area contributed by atoms with Crippen LogP contribution in [0, 0.1) is 0 Å². The Labute approximate surface area is 318 Å². The third kappa shape index (κ3) is 7.89. The van der Waals surface area contributed by atoms with Gasteiger partial charge in [0.2, 0.25) is 0 Å². The molecule has 0 radical (unpaired) electrons. The van der Waals surface area contributed by atoms with Crippen LogP contribution in [0.1, 0.15) is 71.6 Å². The highest BCUT2D eigenvalue weighted by Crippen LogP contribution is 2.37. The van der Waals surface area contributed by atoms with Crippen molar-refractivity contribution >= 4 is 69.9 Å². The van der Waals surface area contributed by atoms with Gasteiger partial charge >= 0.3 is 5.97 Å². The van der Waals surface area contributed by atoms with Crippen LogP contribution in [0.3, 0.4) is 0 Å². The van der Waals surface area contributed by atoms with Crippen molar-refractivity contribution in [3.63, 3.8) is 0 Å². The summed E-state index contributed by atoms with van der Waals surface area (Å²) in [4.78, 5) is 34.1. The Kier molecular flexibility index (Phi) is 12.9. The predicted octanol–water partition coefficient (Wildman–Crippen LogP) is 5.40. The van der Waals surface area contributed by atoms with Gasteiger partial charge in [0.1, 0.15) is 34.1 Å². The zero-order valence-electron chi connectivity index (χ0n) is 31.0. The number of aliphatic hydroxyl groups excluding tert-OH is 1. The molecule has 0 amide bonds. The van der Waals surface area contributed by atoms with Gasteiger partial charge in [-0.25, -0.2) is 24.1 Å². The number of anilines is 2. The van der Waals surface area contributed by atoms with Crippen LogP contribution in [0.5, 0.6) is 0 Å². The molecule has 0 unspecified atom stereocenters. The molecule has 0 bridgehead atoms. The van der Waals surface area contributed by atoms with Crippen LogP contribution >= 0.6 is 23.5 Å². The topological polar surface area (TPSA) is 262 Å². The SMILES string of the molecule is CCCCc1nn(-c2cc(-n3nc(CCCC)c(/N=N/c4c(C(=O)OC)c(SC)nn4C)c3N)ncn2)c(N)c1/N=N/c1c(C(=O)CO)c(SC)nn1C. The zero-order chi connectivity index (χ0) is 39.1. The number of methoxy groups -OCH3 is 1. The van der Waals surface area contributed by atoms with Gasteiger partial charge in [-0.2, -0.15) is 29.8 Å². The number of Topliss-reactive ketones (excluding diaryl/α,β-unsaturated/α-hetero) is 1. The van der Waals surface area contributed by atoms with Gasteiger partial charge in [-0.05, 0) is 38.2 Å². The number of unbranched alkanes of at least 4 members (excludes halogenated alkanes) is 2. The van der Waals surface area contributed by atoms with Gasteiger partial charge in [-0.15, -0.1) is 44.0 Å². The summed E-state index contributed by atoms with van der Waals surface area (Å²) >= 11 is 2.54. The number of aromatic nitrogens is 10. The Hall–Kier alpha value is -5.48. The minimum Gasteiger partial charge on any atom is -0.465 e. The van der Waals surface area contributed by atoms with Crippen LogP contribution in [0.15, 0.2) is 42.9 Å². The van der Waals surface area contributed by atoms with Crippen LogP contribution in [-0.4, -0.2) is 92.2 Å². The molecule has 5 rings (SSSR count). The first-order valence-electron chi connectivity index (χ1n) is 16.9. The molecule has 5 aromatic rings. The average Bonchev–Trinajstić information content (AvgIpc) is 3.89. The highest BCUT2D eigenvalue weighted by Gasteiger charge is 2.26. The summed E-state index contributed by atoms with van der Waals surface area (Å²) in [6, 6.07) is 1.62. The summed E-state index contributed by atoms with van der Waals surface area (Å²) in [6.45, 7) is 3.41. The lowest BCUT2D eigenvalue weighted by Crippen LogP contribution is -2.09. The van der Waals surface area contributed by atoms with Crippen molar-refractivity contribution in [1.82, 2.24) is 49.1 Å². The lowest BCUT2D eigenvalue weighted by Gasteiger charge is -2.06. The number of aryl methyl sites for hydroxylation is 4. The number of ketones is 1. The molecule has 286 valence electrons. The summed E-state index contributed by atoms with van der Waals surface area (Å²) in [5.74, 6) is 0.158. The molecule has 20 nitrogen and oxygen atoms in total. The summed E-state index contributed by atoms with van der Waals surface area (Å²) in [5, 5.41) is 46.4. The summed E-state index contributed by atoms with van der Waals surface area (Å²) in [5.41, 5.74) is 15.5. The molecule has 0 saturated heterocycles. The maximum atomic E-state index is 12.6. The van der Waals surface area contributed by atoms with Crippen LogP contribution in [0.25, 0.3) is 11.6 Å².